The Balaban J connectivity index is 1.96. The smallest absolute Gasteiger partial charge is 0.220 e. The molecule has 0 saturated heterocycles. The van der Waals surface area contributed by atoms with Crippen molar-refractivity contribution >= 4 is 5.91 Å². The van der Waals surface area contributed by atoms with E-state index in [2.05, 4.69) is 36.5 Å². The van der Waals surface area contributed by atoms with Crippen LogP contribution >= 0.6 is 0 Å². The van der Waals surface area contributed by atoms with E-state index in [1.807, 2.05) is 0 Å². The maximum absolute atomic E-state index is 12.0. The molecule has 0 aliphatic rings. The number of unbranched alkanes of at least 4 members (excludes halogenated alkanes) is 9. The number of allylic oxidation sites excluding steroid dienone is 4. The summed E-state index contributed by atoms with van der Waals surface area (Å²) in [5.41, 5.74) is 0.916. The van der Waals surface area contributed by atoms with Gasteiger partial charge in [-0.2, -0.15) is 0 Å². The minimum atomic E-state index is 0.0786. The van der Waals surface area contributed by atoms with Crippen LogP contribution in [0.15, 0.2) is 42.5 Å². The second-order valence-corrected chi connectivity index (χ2v) is 7.80. The van der Waals surface area contributed by atoms with Crippen LogP contribution in [0.5, 0.6) is 11.5 Å². The highest BCUT2D eigenvalue weighted by atomic mass is 16.5. The fourth-order valence-electron chi connectivity index (χ4n) is 3.24. The van der Waals surface area contributed by atoms with Gasteiger partial charge in [0, 0.05) is 13.0 Å². The van der Waals surface area contributed by atoms with Crippen LogP contribution in [-0.2, 0) is 11.3 Å². The van der Waals surface area contributed by atoms with Crippen molar-refractivity contribution in [3.05, 3.63) is 48.1 Å². The predicted molar refractivity (Wildman–Crippen MR) is 126 cm³/mol. The minimum absolute atomic E-state index is 0.0786. The number of phenolic OH excluding ortho intramolecular Hbond substituents is 1. The standard InChI is InChI=1S/C26H41NO3/c1-3-4-5-6-7-8-9-10-11-12-13-14-15-16-17-18-26(29)27-22-23-19-20-24(28)25(21-23)30-2/h7-10,19-21,28H,3-6,11-18,22H2,1-2H3,(H,27,29)/b8-7+,10-9-. The normalized spacial score (nSPS) is 11.4. The topological polar surface area (TPSA) is 58.6 Å². The number of carbonyl (C=O) groups is 1. The van der Waals surface area contributed by atoms with Gasteiger partial charge in [-0.1, -0.05) is 75.8 Å². The van der Waals surface area contributed by atoms with E-state index in [0.717, 1.165) is 24.8 Å². The van der Waals surface area contributed by atoms with Gasteiger partial charge in [0.05, 0.1) is 7.11 Å². The Hall–Kier alpha value is -2.23. The van der Waals surface area contributed by atoms with Gasteiger partial charge in [-0.3, -0.25) is 4.79 Å². The number of nitrogens with one attached hydrogen (secondary N) is 1. The third-order valence-electron chi connectivity index (χ3n) is 5.12. The van der Waals surface area contributed by atoms with Crippen LogP contribution in [0.4, 0.5) is 0 Å². The van der Waals surface area contributed by atoms with Gasteiger partial charge < -0.3 is 15.2 Å². The van der Waals surface area contributed by atoms with Gasteiger partial charge in [0.15, 0.2) is 11.5 Å². The highest BCUT2D eigenvalue weighted by Crippen LogP contribution is 2.26. The Morgan fingerprint density at radius 1 is 0.967 bits per heavy atom. The van der Waals surface area contributed by atoms with Crippen LogP contribution in [0.3, 0.4) is 0 Å². The zero-order chi connectivity index (χ0) is 21.9. The first-order chi connectivity index (χ1) is 14.7. The molecule has 0 aliphatic heterocycles. The minimum Gasteiger partial charge on any atom is -0.504 e. The molecule has 4 heteroatoms. The molecule has 0 bridgehead atoms. The molecule has 1 amide bonds. The summed E-state index contributed by atoms with van der Waals surface area (Å²) in [5.74, 6) is 0.615. The summed E-state index contributed by atoms with van der Waals surface area (Å²) in [6.45, 7) is 2.69. The number of rotatable bonds is 17. The summed E-state index contributed by atoms with van der Waals surface area (Å²) in [6, 6.07) is 5.12. The van der Waals surface area contributed by atoms with Gasteiger partial charge in [-0.25, -0.2) is 0 Å². The Kier molecular flexibility index (Phi) is 15.2. The molecule has 0 fully saturated rings. The molecule has 0 heterocycles. The number of hydrogen-bond donors (Lipinski definition) is 2. The number of benzene rings is 1. The quantitative estimate of drug-likeness (QED) is 0.216. The lowest BCUT2D eigenvalue weighted by Crippen LogP contribution is -2.22. The van der Waals surface area contributed by atoms with Crippen LogP contribution in [0.2, 0.25) is 0 Å². The molecule has 0 radical (unpaired) electrons. The van der Waals surface area contributed by atoms with Crippen molar-refractivity contribution in [2.75, 3.05) is 7.11 Å². The van der Waals surface area contributed by atoms with Gasteiger partial charge in [-0.05, 0) is 49.8 Å². The van der Waals surface area contributed by atoms with Gasteiger partial charge in [-0.15, -0.1) is 0 Å². The Morgan fingerprint density at radius 3 is 2.27 bits per heavy atom. The van der Waals surface area contributed by atoms with Gasteiger partial charge in [0.1, 0.15) is 0 Å². The number of hydrogen-bond acceptors (Lipinski definition) is 3. The second-order valence-electron chi connectivity index (χ2n) is 7.80. The zero-order valence-corrected chi connectivity index (χ0v) is 19.0. The summed E-state index contributed by atoms with van der Waals surface area (Å²) < 4.78 is 5.08. The molecule has 0 saturated carbocycles. The predicted octanol–water partition coefficient (Wildman–Crippen LogP) is 6.83. The van der Waals surface area contributed by atoms with Crippen LogP contribution in [0, 0.1) is 0 Å². The number of carbonyl (C=O) groups excluding carboxylic acids is 1. The number of ether oxygens (including phenoxy) is 1. The van der Waals surface area contributed by atoms with Crippen molar-refractivity contribution in [1.82, 2.24) is 5.32 Å². The molecule has 0 aromatic heterocycles. The Bertz CT molecular complexity index is 637. The fraction of sp³-hybridized carbons (Fsp3) is 0.577. The summed E-state index contributed by atoms with van der Waals surface area (Å²) in [7, 11) is 1.52. The monoisotopic (exact) mass is 415 g/mol. The highest BCUT2D eigenvalue weighted by molar-refractivity contribution is 5.75. The van der Waals surface area contributed by atoms with Crippen LogP contribution in [-0.4, -0.2) is 18.1 Å². The van der Waals surface area contributed by atoms with Gasteiger partial charge >= 0.3 is 0 Å². The maximum atomic E-state index is 12.0. The molecular formula is C26H41NO3. The van der Waals surface area contributed by atoms with Gasteiger partial charge in [0.2, 0.25) is 5.91 Å². The summed E-state index contributed by atoms with van der Waals surface area (Å²) in [5, 5.41) is 12.5. The van der Waals surface area contributed by atoms with E-state index >= 15 is 0 Å². The maximum Gasteiger partial charge on any atom is 0.220 e. The van der Waals surface area contributed by atoms with Crippen LogP contribution < -0.4 is 10.1 Å². The van der Waals surface area contributed by atoms with Crippen molar-refractivity contribution in [3.8, 4) is 11.5 Å². The van der Waals surface area contributed by atoms with E-state index in [0.29, 0.717) is 18.7 Å². The largest absolute Gasteiger partial charge is 0.504 e. The SMILES string of the molecule is CCCCC/C=C/C=C\CCCCCCCCC(=O)NCc1ccc(O)c(OC)c1. The van der Waals surface area contributed by atoms with Crippen molar-refractivity contribution < 1.29 is 14.6 Å². The summed E-state index contributed by atoms with van der Waals surface area (Å²) >= 11 is 0. The number of phenols is 1. The molecule has 0 spiro atoms. The summed E-state index contributed by atoms with van der Waals surface area (Å²) in [4.78, 5) is 12.0. The van der Waals surface area contributed by atoms with Crippen LogP contribution in [0.25, 0.3) is 0 Å². The van der Waals surface area contributed by atoms with Gasteiger partial charge in [0.25, 0.3) is 0 Å². The molecule has 30 heavy (non-hydrogen) atoms. The van der Waals surface area contributed by atoms with Crippen molar-refractivity contribution in [2.45, 2.75) is 90.5 Å². The molecule has 1 aromatic carbocycles. The zero-order valence-electron chi connectivity index (χ0n) is 19.0. The highest BCUT2D eigenvalue weighted by Gasteiger charge is 2.05. The molecule has 0 atom stereocenters. The second kappa shape index (κ2) is 17.6. The third-order valence-corrected chi connectivity index (χ3v) is 5.12. The Morgan fingerprint density at radius 2 is 1.60 bits per heavy atom. The lowest BCUT2D eigenvalue weighted by Gasteiger charge is -2.08. The molecular weight excluding hydrogens is 374 g/mol. The number of aromatic hydroxyl groups is 1. The van der Waals surface area contributed by atoms with Crippen molar-refractivity contribution in [2.24, 2.45) is 0 Å². The van der Waals surface area contributed by atoms with E-state index in [-0.39, 0.29) is 11.7 Å². The average molecular weight is 416 g/mol. The summed E-state index contributed by atoms with van der Waals surface area (Å²) in [6.07, 6.45) is 22.7. The van der Waals surface area contributed by atoms with Crippen molar-refractivity contribution in [1.29, 1.82) is 0 Å². The average Bonchev–Trinajstić information content (AvgIpc) is 2.75. The molecule has 0 unspecified atom stereocenters. The molecule has 1 aromatic rings. The first kappa shape index (κ1) is 25.8. The molecule has 0 aliphatic carbocycles. The van der Waals surface area contributed by atoms with E-state index in [1.54, 1.807) is 18.2 Å². The van der Waals surface area contributed by atoms with E-state index in [4.69, 9.17) is 4.74 Å². The molecule has 2 N–H and O–H groups in total. The first-order valence-electron chi connectivity index (χ1n) is 11.6. The van der Waals surface area contributed by atoms with Crippen molar-refractivity contribution in [3.63, 3.8) is 0 Å². The fourth-order valence-corrected chi connectivity index (χ4v) is 3.24. The molecule has 1 rings (SSSR count). The molecule has 4 nitrogen and oxygen atoms in total. The Labute approximate surface area is 183 Å². The van der Waals surface area contributed by atoms with E-state index in [9.17, 15) is 9.90 Å². The van der Waals surface area contributed by atoms with E-state index in [1.165, 1.54) is 58.5 Å². The van der Waals surface area contributed by atoms with E-state index < -0.39 is 0 Å². The first-order valence-corrected chi connectivity index (χ1v) is 11.6. The number of amides is 1. The lowest BCUT2D eigenvalue weighted by atomic mass is 10.1. The third kappa shape index (κ3) is 13.1. The molecule has 168 valence electrons. The van der Waals surface area contributed by atoms with Crippen LogP contribution in [0.1, 0.15) is 89.5 Å². The lowest BCUT2D eigenvalue weighted by molar-refractivity contribution is -0.121. The number of methoxy groups -OCH3 is 1.